The first-order valence-corrected chi connectivity index (χ1v) is 5.35. The molecule has 0 aliphatic carbocycles. The van der Waals surface area contributed by atoms with Crippen LogP contribution >= 0.6 is 0 Å². The lowest BCUT2D eigenvalue weighted by molar-refractivity contribution is 0.368. The van der Waals surface area contributed by atoms with Crippen LogP contribution < -0.4 is 5.73 Å². The van der Waals surface area contributed by atoms with Crippen molar-refractivity contribution in [1.82, 2.24) is 10.1 Å². The van der Waals surface area contributed by atoms with Crippen molar-refractivity contribution >= 4 is 0 Å². The molecule has 1 heterocycles. The average Bonchev–Trinajstić information content (AvgIpc) is 2.73. The first kappa shape index (κ1) is 10.8. The molecule has 0 aliphatic heterocycles. The van der Waals surface area contributed by atoms with Crippen molar-refractivity contribution in [3.05, 3.63) is 47.6 Å². The molecule has 1 aromatic heterocycles. The Morgan fingerprint density at radius 3 is 2.69 bits per heavy atom. The van der Waals surface area contributed by atoms with E-state index in [1.54, 1.807) is 0 Å². The van der Waals surface area contributed by atoms with Crippen LogP contribution in [0, 0.1) is 6.92 Å². The second-order valence-electron chi connectivity index (χ2n) is 3.79. The van der Waals surface area contributed by atoms with Crippen LogP contribution in [0.5, 0.6) is 0 Å². The van der Waals surface area contributed by atoms with Crippen LogP contribution in [0.1, 0.15) is 29.7 Å². The summed E-state index contributed by atoms with van der Waals surface area (Å²) >= 11 is 0. The number of rotatable bonds is 4. The van der Waals surface area contributed by atoms with Crippen molar-refractivity contribution < 1.29 is 4.52 Å². The Labute approximate surface area is 94.5 Å². The number of aromatic nitrogens is 2. The van der Waals surface area contributed by atoms with Crippen molar-refractivity contribution in [3.8, 4) is 0 Å². The number of nitrogens with two attached hydrogens (primary N) is 1. The van der Waals surface area contributed by atoms with Crippen molar-refractivity contribution in [2.24, 2.45) is 5.73 Å². The lowest BCUT2D eigenvalue weighted by Crippen LogP contribution is -2.11. The third kappa shape index (κ3) is 2.67. The zero-order valence-corrected chi connectivity index (χ0v) is 9.26. The monoisotopic (exact) mass is 217 g/mol. The van der Waals surface area contributed by atoms with E-state index in [9.17, 15) is 0 Å². The first-order valence-electron chi connectivity index (χ1n) is 5.35. The van der Waals surface area contributed by atoms with E-state index in [2.05, 4.69) is 10.1 Å². The van der Waals surface area contributed by atoms with Crippen LogP contribution in [0.25, 0.3) is 0 Å². The average molecular weight is 217 g/mol. The highest BCUT2D eigenvalue weighted by Gasteiger charge is 2.08. The summed E-state index contributed by atoms with van der Waals surface area (Å²) in [4.78, 5) is 4.14. The molecule has 84 valence electrons. The first-order chi connectivity index (χ1) is 7.75. The van der Waals surface area contributed by atoms with Crippen LogP contribution in [-0.4, -0.2) is 10.1 Å². The highest BCUT2D eigenvalue weighted by Crippen LogP contribution is 2.15. The molecule has 0 spiro atoms. The SMILES string of the molecule is Cc1noc(CCC(N)c2ccccc2)n1. The predicted octanol–water partition coefficient (Wildman–Crippen LogP) is 2.01. The second kappa shape index (κ2) is 4.90. The van der Waals surface area contributed by atoms with E-state index >= 15 is 0 Å². The summed E-state index contributed by atoms with van der Waals surface area (Å²) in [7, 11) is 0. The van der Waals surface area contributed by atoms with E-state index in [1.807, 2.05) is 37.3 Å². The minimum absolute atomic E-state index is 0.0217. The molecule has 16 heavy (non-hydrogen) atoms. The van der Waals surface area contributed by atoms with E-state index in [0.717, 1.165) is 18.4 Å². The van der Waals surface area contributed by atoms with Crippen molar-refractivity contribution in [3.63, 3.8) is 0 Å². The normalized spacial score (nSPS) is 12.6. The summed E-state index contributed by atoms with van der Waals surface area (Å²) in [6.07, 6.45) is 1.53. The predicted molar refractivity (Wildman–Crippen MR) is 60.7 cm³/mol. The molecular weight excluding hydrogens is 202 g/mol. The van der Waals surface area contributed by atoms with Gasteiger partial charge in [-0.05, 0) is 18.9 Å². The van der Waals surface area contributed by atoms with Crippen LogP contribution in [-0.2, 0) is 6.42 Å². The van der Waals surface area contributed by atoms with Gasteiger partial charge in [-0.3, -0.25) is 0 Å². The second-order valence-corrected chi connectivity index (χ2v) is 3.79. The zero-order valence-electron chi connectivity index (χ0n) is 9.26. The van der Waals surface area contributed by atoms with E-state index in [-0.39, 0.29) is 6.04 Å². The molecule has 0 saturated heterocycles. The summed E-state index contributed by atoms with van der Waals surface area (Å²) in [5.74, 6) is 1.33. The molecule has 2 N–H and O–H groups in total. The summed E-state index contributed by atoms with van der Waals surface area (Å²) in [6, 6.07) is 10.1. The molecule has 2 rings (SSSR count). The number of hydrogen-bond acceptors (Lipinski definition) is 4. The number of benzene rings is 1. The van der Waals surface area contributed by atoms with E-state index in [1.165, 1.54) is 0 Å². The molecule has 1 unspecified atom stereocenters. The van der Waals surface area contributed by atoms with Gasteiger partial charge in [0, 0.05) is 12.5 Å². The number of hydrogen-bond donors (Lipinski definition) is 1. The highest BCUT2D eigenvalue weighted by atomic mass is 16.5. The fourth-order valence-electron chi connectivity index (χ4n) is 1.59. The summed E-state index contributed by atoms with van der Waals surface area (Å²) in [5.41, 5.74) is 7.20. The van der Waals surface area contributed by atoms with Crippen LogP contribution in [0.4, 0.5) is 0 Å². The molecule has 2 aromatic rings. The van der Waals surface area contributed by atoms with Gasteiger partial charge < -0.3 is 10.3 Å². The molecule has 0 amide bonds. The standard InChI is InChI=1S/C12H15N3O/c1-9-14-12(16-15-9)8-7-11(13)10-5-3-2-4-6-10/h2-6,11H,7-8,13H2,1H3. The van der Waals surface area contributed by atoms with Gasteiger partial charge in [0.25, 0.3) is 0 Å². The third-order valence-electron chi connectivity index (χ3n) is 2.47. The molecule has 0 aliphatic rings. The maximum atomic E-state index is 6.06. The fraction of sp³-hybridized carbons (Fsp3) is 0.333. The third-order valence-corrected chi connectivity index (χ3v) is 2.47. The minimum Gasteiger partial charge on any atom is -0.339 e. The maximum Gasteiger partial charge on any atom is 0.226 e. The lowest BCUT2D eigenvalue weighted by atomic mass is 10.0. The smallest absolute Gasteiger partial charge is 0.226 e. The van der Waals surface area contributed by atoms with Gasteiger partial charge in [-0.15, -0.1) is 0 Å². The van der Waals surface area contributed by atoms with Crippen molar-refractivity contribution in [2.45, 2.75) is 25.8 Å². The summed E-state index contributed by atoms with van der Waals surface area (Å²) < 4.78 is 5.03. The fourth-order valence-corrected chi connectivity index (χ4v) is 1.59. The van der Waals surface area contributed by atoms with Crippen molar-refractivity contribution in [1.29, 1.82) is 0 Å². The minimum atomic E-state index is 0.0217. The Kier molecular flexibility index (Phi) is 3.31. The van der Waals surface area contributed by atoms with E-state index in [4.69, 9.17) is 10.3 Å². The van der Waals surface area contributed by atoms with Crippen LogP contribution in [0.15, 0.2) is 34.9 Å². The van der Waals surface area contributed by atoms with Crippen LogP contribution in [0.2, 0.25) is 0 Å². The quantitative estimate of drug-likeness (QED) is 0.850. The van der Waals surface area contributed by atoms with Gasteiger partial charge in [-0.1, -0.05) is 35.5 Å². The Morgan fingerprint density at radius 1 is 1.31 bits per heavy atom. The Balaban J connectivity index is 1.91. The molecular formula is C12H15N3O. The molecule has 1 aromatic carbocycles. The van der Waals surface area contributed by atoms with Gasteiger partial charge in [-0.25, -0.2) is 0 Å². The topological polar surface area (TPSA) is 64.9 Å². The van der Waals surface area contributed by atoms with Gasteiger partial charge in [0.1, 0.15) is 0 Å². The van der Waals surface area contributed by atoms with E-state index in [0.29, 0.717) is 11.7 Å². The van der Waals surface area contributed by atoms with E-state index < -0.39 is 0 Å². The van der Waals surface area contributed by atoms with Gasteiger partial charge in [-0.2, -0.15) is 4.98 Å². The van der Waals surface area contributed by atoms with Crippen LogP contribution in [0.3, 0.4) is 0 Å². The lowest BCUT2D eigenvalue weighted by Gasteiger charge is -2.09. The molecule has 4 nitrogen and oxygen atoms in total. The largest absolute Gasteiger partial charge is 0.339 e. The highest BCUT2D eigenvalue weighted by molar-refractivity contribution is 5.18. The van der Waals surface area contributed by atoms with Gasteiger partial charge in [0.2, 0.25) is 5.89 Å². The van der Waals surface area contributed by atoms with Crippen molar-refractivity contribution in [2.75, 3.05) is 0 Å². The Hall–Kier alpha value is -1.68. The van der Waals surface area contributed by atoms with Gasteiger partial charge >= 0.3 is 0 Å². The molecule has 0 bridgehead atoms. The summed E-state index contributed by atoms with van der Waals surface area (Å²) in [6.45, 7) is 1.81. The number of nitrogens with zero attached hydrogens (tertiary/aromatic N) is 2. The molecule has 0 saturated carbocycles. The summed E-state index contributed by atoms with van der Waals surface area (Å²) in [5, 5.41) is 3.74. The Bertz CT molecular complexity index is 439. The molecule has 0 radical (unpaired) electrons. The zero-order chi connectivity index (χ0) is 11.4. The molecule has 1 atom stereocenters. The Morgan fingerprint density at radius 2 is 2.06 bits per heavy atom. The number of aryl methyl sites for hydroxylation is 2. The maximum absolute atomic E-state index is 6.06. The van der Waals surface area contributed by atoms with Gasteiger partial charge in [0.05, 0.1) is 0 Å². The molecule has 0 fully saturated rings. The molecule has 4 heteroatoms. The van der Waals surface area contributed by atoms with Gasteiger partial charge in [0.15, 0.2) is 5.82 Å².